The first-order valence-electron chi connectivity index (χ1n) is 5.92. The van der Waals surface area contributed by atoms with Crippen molar-refractivity contribution in [3.63, 3.8) is 0 Å². The number of H-pyrrole nitrogens is 1. The Bertz CT molecular complexity index is 617. The minimum atomic E-state index is -1.01. The zero-order valence-electron chi connectivity index (χ0n) is 9.98. The minimum Gasteiger partial charge on any atom is -0.465 e. The number of amides is 1. The van der Waals surface area contributed by atoms with Crippen molar-refractivity contribution in [3.05, 3.63) is 40.8 Å². The van der Waals surface area contributed by atoms with Gasteiger partial charge in [-0.15, -0.1) is 0 Å². The van der Waals surface area contributed by atoms with E-state index < -0.39 is 11.6 Å². The van der Waals surface area contributed by atoms with Gasteiger partial charge >= 0.3 is 6.09 Å². The molecule has 6 heteroatoms. The lowest BCUT2D eigenvalue weighted by atomic mass is 10.2. The normalized spacial score (nSPS) is 16.1. The van der Waals surface area contributed by atoms with Crippen LogP contribution < -0.4 is 5.32 Å². The Balaban J connectivity index is 1.87. The summed E-state index contributed by atoms with van der Waals surface area (Å²) in [7, 11) is 0. The molecule has 1 fully saturated rings. The molecule has 5 nitrogen and oxygen atoms in total. The van der Waals surface area contributed by atoms with Crippen LogP contribution in [0.2, 0.25) is 0 Å². The molecule has 2 aromatic rings. The van der Waals surface area contributed by atoms with Crippen LogP contribution in [-0.2, 0) is 5.54 Å². The van der Waals surface area contributed by atoms with E-state index in [2.05, 4.69) is 31.2 Å². The van der Waals surface area contributed by atoms with Gasteiger partial charge in [0.05, 0.1) is 11.9 Å². The number of hydrogen-bond acceptors (Lipinski definition) is 2. The molecular formula is C13H12BrN3O2. The third-order valence-corrected chi connectivity index (χ3v) is 3.81. The van der Waals surface area contributed by atoms with Crippen molar-refractivity contribution in [3.8, 4) is 11.3 Å². The molecule has 3 N–H and O–H groups in total. The molecule has 1 aliphatic carbocycles. The van der Waals surface area contributed by atoms with Gasteiger partial charge in [-0.25, -0.2) is 9.78 Å². The van der Waals surface area contributed by atoms with Gasteiger partial charge in [0.1, 0.15) is 11.4 Å². The molecule has 1 heterocycles. The van der Waals surface area contributed by atoms with E-state index in [-0.39, 0.29) is 0 Å². The topological polar surface area (TPSA) is 78.0 Å². The van der Waals surface area contributed by atoms with Gasteiger partial charge in [-0.05, 0) is 30.5 Å². The third kappa shape index (κ3) is 2.35. The fourth-order valence-electron chi connectivity index (χ4n) is 2.09. The van der Waals surface area contributed by atoms with Crippen LogP contribution in [-0.4, -0.2) is 21.2 Å². The van der Waals surface area contributed by atoms with Gasteiger partial charge in [0.2, 0.25) is 0 Å². The van der Waals surface area contributed by atoms with Crippen molar-refractivity contribution in [2.24, 2.45) is 0 Å². The fraction of sp³-hybridized carbons (Fsp3) is 0.231. The first-order chi connectivity index (χ1) is 9.09. The van der Waals surface area contributed by atoms with Crippen molar-refractivity contribution < 1.29 is 9.90 Å². The highest BCUT2D eigenvalue weighted by Crippen LogP contribution is 2.44. The summed E-state index contributed by atoms with van der Waals surface area (Å²) in [5, 5.41) is 11.4. The Morgan fingerprint density at radius 2 is 2.05 bits per heavy atom. The van der Waals surface area contributed by atoms with E-state index in [0.29, 0.717) is 5.82 Å². The minimum absolute atomic E-state index is 0.514. The summed E-state index contributed by atoms with van der Waals surface area (Å²) in [5.41, 5.74) is 1.40. The maximum Gasteiger partial charge on any atom is 0.405 e. The molecule has 0 aliphatic heterocycles. The smallest absolute Gasteiger partial charge is 0.405 e. The largest absolute Gasteiger partial charge is 0.465 e. The van der Waals surface area contributed by atoms with Crippen LogP contribution in [0.25, 0.3) is 11.3 Å². The van der Waals surface area contributed by atoms with Crippen molar-refractivity contribution in [1.29, 1.82) is 0 Å². The van der Waals surface area contributed by atoms with E-state index in [4.69, 9.17) is 5.11 Å². The second-order valence-corrected chi connectivity index (χ2v) is 5.58. The number of aromatic nitrogens is 2. The second kappa shape index (κ2) is 4.38. The van der Waals surface area contributed by atoms with Gasteiger partial charge in [0.15, 0.2) is 0 Å². The average Bonchev–Trinajstić information content (AvgIpc) is 2.97. The number of aromatic amines is 1. The van der Waals surface area contributed by atoms with Crippen LogP contribution in [0.3, 0.4) is 0 Å². The molecule has 0 saturated heterocycles. The molecule has 0 unspecified atom stereocenters. The van der Waals surface area contributed by atoms with Crippen molar-refractivity contribution in [1.82, 2.24) is 15.3 Å². The molecule has 0 bridgehead atoms. The summed E-state index contributed by atoms with van der Waals surface area (Å²) >= 11 is 3.39. The predicted octanol–water partition coefficient (Wildman–Crippen LogP) is 3.10. The summed E-state index contributed by atoms with van der Waals surface area (Å²) in [5.74, 6) is 0.688. The average molecular weight is 322 g/mol. The van der Waals surface area contributed by atoms with Crippen LogP contribution >= 0.6 is 15.9 Å². The molecule has 0 spiro atoms. The standard InChI is InChI=1S/C13H12BrN3O2/c14-9-3-1-8(2-4-9)10-7-15-11(16-10)13(5-6-13)17-12(18)19/h1-4,7,17H,5-6H2,(H,15,16)(H,18,19). The first kappa shape index (κ1) is 12.2. The molecule has 1 aromatic carbocycles. The monoisotopic (exact) mass is 321 g/mol. The molecule has 19 heavy (non-hydrogen) atoms. The Hall–Kier alpha value is -1.82. The summed E-state index contributed by atoms with van der Waals surface area (Å²) in [4.78, 5) is 18.3. The van der Waals surface area contributed by atoms with E-state index in [1.165, 1.54) is 0 Å². The zero-order chi connectivity index (χ0) is 13.5. The Labute approximate surface area is 118 Å². The number of hydrogen-bond donors (Lipinski definition) is 3. The van der Waals surface area contributed by atoms with Crippen LogP contribution in [0.1, 0.15) is 18.7 Å². The van der Waals surface area contributed by atoms with Crippen molar-refractivity contribution >= 4 is 22.0 Å². The van der Waals surface area contributed by atoms with Gasteiger partial charge in [-0.1, -0.05) is 28.1 Å². The maximum absolute atomic E-state index is 10.8. The molecular weight excluding hydrogens is 310 g/mol. The molecule has 1 saturated carbocycles. The van der Waals surface area contributed by atoms with Crippen molar-refractivity contribution in [2.45, 2.75) is 18.4 Å². The highest BCUT2D eigenvalue weighted by Gasteiger charge is 2.48. The number of rotatable bonds is 3. The number of imidazole rings is 1. The number of carboxylic acid groups (broad SMARTS) is 1. The fourth-order valence-corrected chi connectivity index (χ4v) is 2.36. The Morgan fingerprint density at radius 1 is 1.37 bits per heavy atom. The van der Waals surface area contributed by atoms with Gasteiger partial charge in [0, 0.05) is 4.47 Å². The summed E-state index contributed by atoms with van der Waals surface area (Å²) < 4.78 is 1.02. The molecule has 3 rings (SSSR count). The van der Waals surface area contributed by atoms with Crippen molar-refractivity contribution in [2.75, 3.05) is 0 Å². The van der Waals surface area contributed by atoms with Gasteiger partial charge < -0.3 is 15.4 Å². The summed E-state index contributed by atoms with van der Waals surface area (Å²) in [6.07, 6.45) is 2.29. The number of carbonyl (C=O) groups is 1. The molecule has 0 radical (unpaired) electrons. The molecule has 1 amide bonds. The van der Waals surface area contributed by atoms with E-state index in [1.807, 2.05) is 24.3 Å². The lowest BCUT2D eigenvalue weighted by molar-refractivity contribution is 0.187. The number of nitrogens with one attached hydrogen (secondary N) is 2. The lowest BCUT2D eigenvalue weighted by Gasteiger charge is -2.11. The van der Waals surface area contributed by atoms with Crippen LogP contribution in [0, 0.1) is 0 Å². The van der Waals surface area contributed by atoms with Gasteiger partial charge in [-0.3, -0.25) is 0 Å². The van der Waals surface area contributed by atoms with Crippen LogP contribution in [0.5, 0.6) is 0 Å². The highest BCUT2D eigenvalue weighted by atomic mass is 79.9. The van der Waals surface area contributed by atoms with E-state index in [9.17, 15) is 4.79 Å². The summed E-state index contributed by atoms with van der Waals surface area (Å²) in [6, 6.07) is 7.87. The number of benzene rings is 1. The highest BCUT2D eigenvalue weighted by molar-refractivity contribution is 9.10. The van der Waals surface area contributed by atoms with E-state index >= 15 is 0 Å². The van der Waals surface area contributed by atoms with Gasteiger partial charge in [-0.2, -0.15) is 0 Å². The molecule has 98 valence electrons. The Morgan fingerprint density at radius 3 is 2.63 bits per heavy atom. The Kier molecular flexibility index (Phi) is 2.82. The molecule has 1 aromatic heterocycles. The summed E-state index contributed by atoms with van der Waals surface area (Å²) in [6.45, 7) is 0. The zero-order valence-corrected chi connectivity index (χ0v) is 11.6. The molecule has 0 atom stereocenters. The van der Waals surface area contributed by atoms with Crippen LogP contribution in [0.15, 0.2) is 34.9 Å². The predicted molar refractivity (Wildman–Crippen MR) is 73.8 cm³/mol. The lowest BCUT2D eigenvalue weighted by Crippen LogP contribution is -2.34. The molecule has 1 aliphatic rings. The maximum atomic E-state index is 10.8. The quantitative estimate of drug-likeness (QED) is 0.812. The second-order valence-electron chi connectivity index (χ2n) is 4.66. The number of halogens is 1. The SMILES string of the molecule is O=C(O)NC1(c2ncc(-c3ccc(Br)cc3)[nH]2)CC1. The van der Waals surface area contributed by atoms with Gasteiger partial charge in [0.25, 0.3) is 0 Å². The van der Waals surface area contributed by atoms with E-state index in [0.717, 1.165) is 28.6 Å². The third-order valence-electron chi connectivity index (χ3n) is 3.28. The number of nitrogens with zero attached hydrogens (tertiary/aromatic N) is 1. The van der Waals surface area contributed by atoms with E-state index in [1.54, 1.807) is 6.20 Å². The first-order valence-corrected chi connectivity index (χ1v) is 6.71. The van der Waals surface area contributed by atoms with Crippen LogP contribution in [0.4, 0.5) is 4.79 Å².